The van der Waals surface area contributed by atoms with Crippen molar-refractivity contribution in [3.8, 4) is 0 Å². The van der Waals surface area contributed by atoms with Crippen LogP contribution in [0.2, 0.25) is 0 Å². The summed E-state index contributed by atoms with van der Waals surface area (Å²) < 4.78 is 0. The molecule has 0 amide bonds. The number of pyridine rings is 1. The zero-order valence-electron chi connectivity index (χ0n) is 9.05. The topological polar surface area (TPSA) is 63.8 Å². The lowest BCUT2D eigenvalue weighted by atomic mass is 10.1. The van der Waals surface area contributed by atoms with E-state index in [2.05, 4.69) is 15.4 Å². The Labute approximate surface area is 98.5 Å². The molecule has 1 unspecified atom stereocenters. The first-order chi connectivity index (χ1) is 7.79. The third kappa shape index (κ3) is 2.63. The maximum absolute atomic E-state index is 5.55. The Morgan fingerprint density at radius 1 is 1.50 bits per heavy atom. The van der Waals surface area contributed by atoms with Gasteiger partial charge in [-0.2, -0.15) is 0 Å². The van der Waals surface area contributed by atoms with Gasteiger partial charge in [-0.05, 0) is 19.1 Å². The van der Waals surface area contributed by atoms with E-state index in [4.69, 9.17) is 5.84 Å². The van der Waals surface area contributed by atoms with Crippen LogP contribution in [0.3, 0.4) is 0 Å². The maximum atomic E-state index is 5.55. The summed E-state index contributed by atoms with van der Waals surface area (Å²) >= 11 is 1.65. The predicted octanol–water partition coefficient (Wildman–Crippen LogP) is 1.59. The van der Waals surface area contributed by atoms with Crippen LogP contribution in [0.5, 0.6) is 0 Å². The van der Waals surface area contributed by atoms with Gasteiger partial charge in [-0.15, -0.1) is 11.3 Å². The van der Waals surface area contributed by atoms with Crippen molar-refractivity contribution >= 4 is 11.3 Å². The lowest BCUT2D eigenvalue weighted by Crippen LogP contribution is -2.30. The molecule has 0 fully saturated rings. The van der Waals surface area contributed by atoms with Gasteiger partial charge in [0.1, 0.15) is 0 Å². The van der Waals surface area contributed by atoms with Gasteiger partial charge in [0.25, 0.3) is 0 Å². The second-order valence-corrected chi connectivity index (χ2v) is 4.50. The molecule has 2 aromatic rings. The number of rotatable bonds is 4. The summed E-state index contributed by atoms with van der Waals surface area (Å²) in [5.74, 6) is 5.55. The summed E-state index contributed by atoms with van der Waals surface area (Å²) in [6.45, 7) is 1.99. The molecule has 0 aliphatic heterocycles. The van der Waals surface area contributed by atoms with E-state index in [1.165, 1.54) is 0 Å². The summed E-state index contributed by atoms with van der Waals surface area (Å²) in [6.07, 6.45) is 2.54. The van der Waals surface area contributed by atoms with Gasteiger partial charge in [-0.25, -0.2) is 4.98 Å². The molecule has 16 heavy (non-hydrogen) atoms. The van der Waals surface area contributed by atoms with Crippen molar-refractivity contribution in [2.45, 2.75) is 19.4 Å². The zero-order chi connectivity index (χ0) is 11.4. The number of nitrogens with zero attached hydrogens (tertiary/aromatic N) is 2. The predicted molar refractivity (Wildman–Crippen MR) is 64.9 cm³/mol. The molecular formula is C11H14N4S. The van der Waals surface area contributed by atoms with Gasteiger partial charge in [0.15, 0.2) is 0 Å². The van der Waals surface area contributed by atoms with E-state index in [1.54, 1.807) is 17.5 Å². The van der Waals surface area contributed by atoms with Crippen LogP contribution < -0.4 is 11.3 Å². The normalized spacial score (nSPS) is 12.6. The molecule has 2 heterocycles. The number of aryl methyl sites for hydroxylation is 1. The Bertz CT molecular complexity index is 440. The van der Waals surface area contributed by atoms with Gasteiger partial charge in [-0.1, -0.05) is 6.07 Å². The second-order valence-electron chi connectivity index (χ2n) is 3.56. The van der Waals surface area contributed by atoms with Crippen LogP contribution in [0, 0.1) is 6.92 Å². The van der Waals surface area contributed by atoms with Crippen LogP contribution >= 0.6 is 11.3 Å². The van der Waals surface area contributed by atoms with Crippen molar-refractivity contribution in [3.05, 3.63) is 46.2 Å². The molecule has 0 saturated heterocycles. The number of thiazole rings is 1. The molecule has 0 bridgehead atoms. The third-order valence-corrected chi connectivity index (χ3v) is 3.28. The van der Waals surface area contributed by atoms with Crippen LogP contribution in [0.25, 0.3) is 0 Å². The molecule has 4 nitrogen and oxygen atoms in total. The minimum absolute atomic E-state index is 0.0201. The van der Waals surface area contributed by atoms with Gasteiger partial charge in [0.05, 0.1) is 16.7 Å². The van der Waals surface area contributed by atoms with Crippen LogP contribution in [-0.4, -0.2) is 9.97 Å². The van der Waals surface area contributed by atoms with E-state index in [9.17, 15) is 0 Å². The van der Waals surface area contributed by atoms with Gasteiger partial charge in [-0.3, -0.25) is 16.3 Å². The average molecular weight is 234 g/mol. The Hall–Kier alpha value is -1.30. The first-order valence-corrected chi connectivity index (χ1v) is 5.95. The van der Waals surface area contributed by atoms with Gasteiger partial charge >= 0.3 is 0 Å². The summed E-state index contributed by atoms with van der Waals surface area (Å²) in [4.78, 5) is 8.71. The average Bonchev–Trinajstić information content (AvgIpc) is 2.73. The molecule has 3 N–H and O–H groups in total. The number of nitrogens with two attached hydrogens (primary N) is 1. The van der Waals surface area contributed by atoms with E-state index in [1.807, 2.05) is 30.5 Å². The molecule has 1 atom stereocenters. The molecule has 0 radical (unpaired) electrons. The number of hydrazine groups is 1. The number of hydrogen-bond acceptors (Lipinski definition) is 5. The molecule has 0 aliphatic carbocycles. The zero-order valence-corrected chi connectivity index (χ0v) is 9.87. The van der Waals surface area contributed by atoms with Crippen LogP contribution in [-0.2, 0) is 6.42 Å². The van der Waals surface area contributed by atoms with E-state index in [0.717, 1.165) is 22.8 Å². The van der Waals surface area contributed by atoms with Crippen LogP contribution in [0.15, 0.2) is 29.8 Å². The highest BCUT2D eigenvalue weighted by Gasteiger charge is 2.13. The molecule has 84 valence electrons. The molecule has 0 aromatic carbocycles. The largest absolute Gasteiger partial charge is 0.271 e. The molecule has 0 saturated carbocycles. The van der Waals surface area contributed by atoms with E-state index >= 15 is 0 Å². The smallest absolute Gasteiger partial charge is 0.0948 e. The minimum Gasteiger partial charge on any atom is -0.271 e. The van der Waals surface area contributed by atoms with Crippen molar-refractivity contribution in [1.82, 2.24) is 15.4 Å². The van der Waals surface area contributed by atoms with Crippen molar-refractivity contribution in [2.75, 3.05) is 0 Å². The van der Waals surface area contributed by atoms with E-state index in [0.29, 0.717) is 0 Å². The monoisotopic (exact) mass is 234 g/mol. The van der Waals surface area contributed by atoms with Gasteiger partial charge in [0.2, 0.25) is 0 Å². The van der Waals surface area contributed by atoms with Crippen LogP contribution in [0.1, 0.15) is 22.4 Å². The van der Waals surface area contributed by atoms with Crippen LogP contribution in [0.4, 0.5) is 0 Å². The molecule has 2 rings (SSSR count). The highest BCUT2D eigenvalue weighted by Crippen LogP contribution is 2.18. The summed E-state index contributed by atoms with van der Waals surface area (Å²) in [5.41, 5.74) is 4.78. The first-order valence-electron chi connectivity index (χ1n) is 5.07. The van der Waals surface area contributed by atoms with Crippen molar-refractivity contribution in [2.24, 2.45) is 5.84 Å². The Morgan fingerprint density at radius 3 is 2.94 bits per heavy atom. The minimum atomic E-state index is 0.0201. The third-order valence-electron chi connectivity index (χ3n) is 2.29. The van der Waals surface area contributed by atoms with Crippen molar-refractivity contribution in [1.29, 1.82) is 0 Å². The second kappa shape index (κ2) is 5.16. The Kier molecular flexibility index (Phi) is 3.61. The standard InChI is InChI=1S/C11H14N4S/c1-8-7-16-11(14-8)6-10(15-12)9-4-2-3-5-13-9/h2-5,7,10,15H,6,12H2,1H3. The highest BCUT2D eigenvalue weighted by molar-refractivity contribution is 7.09. The number of nitrogens with one attached hydrogen (secondary N) is 1. The Balaban J connectivity index is 2.12. The molecule has 0 spiro atoms. The quantitative estimate of drug-likeness (QED) is 0.623. The Morgan fingerprint density at radius 2 is 2.38 bits per heavy atom. The maximum Gasteiger partial charge on any atom is 0.0948 e. The lowest BCUT2D eigenvalue weighted by Gasteiger charge is -2.13. The molecular weight excluding hydrogens is 220 g/mol. The summed E-state index contributed by atoms with van der Waals surface area (Å²) in [5, 5.41) is 3.12. The molecule has 2 aromatic heterocycles. The first kappa shape index (κ1) is 11.2. The van der Waals surface area contributed by atoms with E-state index < -0.39 is 0 Å². The van der Waals surface area contributed by atoms with Gasteiger partial charge in [0, 0.05) is 23.7 Å². The number of hydrogen-bond donors (Lipinski definition) is 2. The van der Waals surface area contributed by atoms with Crippen molar-refractivity contribution in [3.63, 3.8) is 0 Å². The fourth-order valence-corrected chi connectivity index (χ4v) is 2.32. The fraction of sp³-hybridized carbons (Fsp3) is 0.273. The fourth-order valence-electron chi connectivity index (χ4n) is 1.50. The van der Waals surface area contributed by atoms with Gasteiger partial charge < -0.3 is 0 Å². The summed E-state index contributed by atoms with van der Waals surface area (Å²) in [6, 6.07) is 5.84. The summed E-state index contributed by atoms with van der Waals surface area (Å²) in [7, 11) is 0. The molecule has 5 heteroatoms. The number of aromatic nitrogens is 2. The lowest BCUT2D eigenvalue weighted by molar-refractivity contribution is 0.537. The highest BCUT2D eigenvalue weighted by atomic mass is 32.1. The van der Waals surface area contributed by atoms with Crippen molar-refractivity contribution < 1.29 is 0 Å². The molecule has 0 aliphatic rings. The SMILES string of the molecule is Cc1csc(CC(NN)c2ccccn2)n1. The van der Waals surface area contributed by atoms with E-state index in [-0.39, 0.29) is 6.04 Å².